The van der Waals surface area contributed by atoms with E-state index in [1.807, 2.05) is 13.0 Å². The van der Waals surface area contributed by atoms with Crippen LogP contribution >= 0.6 is 11.3 Å². The highest BCUT2D eigenvalue weighted by Gasteiger charge is 2.03. The van der Waals surface area contributed by atoms with E-state index in [9.17, 15) is 0 Å². The lowest BCUT2D eigenvalue weighted by atomic mass is 10.2. The summed E-state index contributed by atoms with van der Waals surface area (Å²) in [5.74, 6) is 1.53. The number of aromatic nitrogens is 2. The topological polar surface area (TPSA) is 49.8 Å². The van der Waals surface area contributed by atoms with E-state index in [1.165, 1.54) is 10.4 Å². The van der Waals surface area contributed by atoms with Crippen LogP contribution in [0.15, 0.2) is 23.7 Å². The van der Waals surface area contributed by atoms with Crippen LogP contribution in [0.25, 0.3) is 0 Å². The summed E-state index contributed by atoms with van der Waals surface area (Å²) in [5, 5.41) is 8.58. The summed E-state index contributed by atoms with van der Waals surface area (Å²) in [6.45, 7) is 5.86. The molecule has 0 radical (unpaired) electrons. The molecule has 0 aliphatic carbocycles. The average Bonchev–Trinajstić information content (AvgIpc) is 2.84. The largest absolute Gasteiger partial charge is 0.365 e. The van der Waals surface area contributed by atoms with E-state index in [-0.39, 0.29) is 0 Å². The van der Waals surface area contributed by atoms with Gasteiger partial charge in [-0.3, -0.25) is 0 Å². The van der Waals surface area contributed by atoms with Crippen LogP contribution < -0.4 is 10.6 Å². The van der Waals surface area contributed by atoms with E-state index in [4.69, 9.17) is 0 Å². The standard InChI is InChI=1S/C13H18N4S/c1-3-10-6-8-18-11(10)9-16-12-5-7-15-13(17-12)14-4-2/h5-8H,3-4,9H2,1-2H3,(H2,14,15,16,17). The van der Waals surface area contributed by atoms with E-state index < -0.39 is 0 Å². The van der Waals surface area contributed by atoms with Crippen molar-refractivity contribution in [3.05, 3.63) is 34.2 Å². The van der Waals surface area contributed by atoms with Gasteiger partial charge in [0.2, 0.25) is 5.95 Å². The number of nitrogens with zero attached hydrogens (tertiary/aromatic N) is 2. The molecule has 0 saturated heterocycles. The molecule has 2 N–H and O–H groups in total. The number of hydrogen-bond acceptors (Lipinski definition) is 5. The fourth-order valence-electron chi connectivity index (χ4n) is 1.71. The Kier molecular flexibility index (Phi) is 4.52. The van der Waals surface area contributed by atoms with Crippen LogP contribution in [0.4, 0.5) is 11.8 Å². The first-order valence-electron chi connectivity index (χ1n) is 6.19. The van der Waals surface area contributed by atoms with Gasteiger partial charge in [-0.2, -0.15) is 4.98 Å². The Morgan fingerprint density at radius 2 is 2.11 bits per heavy atom. The Labute approximate surface area is 111 Å². The maximum absolute atomic E-state index is 4.39. The normalized spacial score (nSPS) is 10.3. The molecule has 0 spiro atoms. The predicted molar refractivity (Wildman–Crippen MR) is 77.2 cm³/mol. The molecule has 5 heteroatoms. The van der Waals surface area contributed by atoms with Crippen LogP contribution in [0.2, 0.25) is 0 Å². The molecular formula is C13H18N4S. The Balaban J connectivity index is 1.99. The minimum absolute atomic E-state index is 0.671. The molecule has 0 amide bonds. The lowest BCUT2D eigenvalue weighted by Gasteiger charge is -2.07. The van der Waals surface area contributed by atoms with Crippen LogP contribution in [0, 0.1) is 0 Å². The minimum atomic E-state index is 0.671. The van der Waals surface area contributed by atoms with Gasteiger partial charge in [-0.15, -0.1) is 11.3 Å². The summed E-state index contributed by atoms with van der Waals surface area (Å²) in [5.41, 5.74) is 1.41. The van der Waals surface area contributed by atoms with E-state index in [2.05, 4.69) is 39.0 Å². The van der Waals surface area contributed by atoms with E-state index >= 15 is 0 Å². The van der Waals surface area contributed by atoms with Crippen molar-refractivity contribution in [2.45, 2.75) is 26.8 Å². The fraction of sp³-hybridized carbons (Fsp3) is 0.385. The van der Waals surface area contributed by atoms with Crippen molar-refractivity contribution in [1.82, 2.24) is 9.97 Å². The highest BCUT2D eigenvalue weighted by molar-refractivity contribution is 7.10. The molecule has 18 heavy (non-hydrogen) atoms. The van der Waals surface area contributed by atoms with Gasteiger partial charge >= 0.3 is 0 Å². The molecule has 0 atom stereocenters. The summed E-state index contributed by atoms with van der Waals surface area (Å²) in [7, 11) is 0. The number of aryl methyl sites for hydroxylation is 1. The van der Waals surface area contributed by atoms with Crippen molar-refractivity contribution < 1.29 is 0 Å². The Bertz CT molecular complexity index is 495. The summed E-state index contributed by atoms with van der Waals surface area (Å²) < 4.78 is 0. The second-order valence-electron chi connectivity index (χ2n) is 3.87. The maximum atomic E-state index is 4.39. The number of hydrogen-bond donors (Lipinski definition) is 2. The third-order valence-electron chi connectivity index (χ3n) is 2.64. The van der Waals surface area contributed by atoms with Crippen molar-refractivity contribution in [3.8, 4) is 0 Å². The smallest absolute Gasteiger partial charge is 0.224 e. The van der Waals surface area contributed by atoms with Gasteiger partial charge in [0.1, 0.15) is 5.82 Å². The first kappa shape index (κ1) is 12.8. The molecule has 2 aromatic rings. The monoisotopic (exact) mass is 262 g/mol. The summed E-state index contributed by atoms with van der Waals surface area (Å²) >= 11 is 1.79. The van der Waals surface area contributed by atoms with Gasteiger partial charge in [-0.1, -0.05) is 6.92 Å². The van der Waals surface area contributed by atoms with Crippen molar-refractivity contribution in [2.75, 3.05) is 17.2 Å². The van der Waals surface area contributed by atoms with Crippen LogP contribution in [0.5, 0.6) is 0 Å². The zero-order valence-electron chi connectivity index (χ0n) is 10.7. The Morgan fingerprint density at radius 3 is 2.89 bits per heavy atom. The lowest BCUT2D eigenvalue weighted by molar-refractivity contribution is 1.04. The van der Waals surface area contributed by atoms with Gasteiger partial charge in [0.05, 0.1) is 6.54 Å². The second-order valence-corrected chi connectivity index (χ2v) is 4.87. The zero-order valence-corrected chi connectivity index (χ0v) is 11.5. The summed E-state index contributed by atoms with van der Waals surface area (Å²) in [6, 6.07) is 4.08. The van der Waals surface area contributed by atoms with Gasteiger partial charge in [-0.05, 0) is 36.4 Å². The van der Waals surface area contributed by atoms with Crippen LogP contribution in [-0.4, -0.2) is 16.5 Å². The fourth-order valence-corrected chi connectivity index (χ4v) is 2.62. The number of rotatable bonds is 6. The molecule has 0 aliphatic heterocycles. The number of anilines is 2. The van der Waals surface area contributed by atoms with Crippen LogP contribution in [-0.2, 0) is 13.0 Å². The van der Waals surface area contributed by atoms with Gasteiger partial charge < -0.3 is 10.6 Å². The molecule has 96 valence electrons. The number of thiophene rings is 1. The lowest BCUT2D eigenvalue weighted by Crippen LogP contribution is -2.06. The Hall–Kier alpha value is -1.62. The van der Waals surface area contributed by atoms with Gasteiger partial charge in [0, 0.05) is 17.6 Å². The molecule has 0 unspecified atom stereocenters. The molecule has 0 bridgehead atoms. The van der Waals surface area contributed by atoms with Gasteiger partial charge in [0.15, 0.2) is 0 Å². The quantitative estimate of drug-likeness (QED) is 0.839. The highest BCUT2D eigenvalue weighted by atomic mass is 32.1. The van der Waals surface area contributed by atoms with E-state index in [0.717, 1.165) is 25.3 Å². The molecule has 0 fully saturated rings. The summed E-state index contributed by atoms with van der Waals surface area (Å²) in [6.07, 6.45) is 2.84. The predicted octanol–water partition coefficient (Wildman–Crippen LogP) is 3.14. The minimum Gasteiger partial charge on any atom is -0.365 e. The third-order valence-corrected chi connectivity index (χ3v) is 3.60. The molecule has 2 rings (SSSR count). The molecular weight excluding hydrogens is 244 g/mol. The van der Waals surface area contributed by atoms with Gasteiger partial charge in [0.25, 0.3) is 0 Å². The van der Waals surface area contributed by atoms with Crippen molar-refractivity contribution >= 4 is 23.1 Å². The third kappa shape index (κ3) is 3.20. The van der Waals surface area contributed by atoms with Gasteiger partial charge in [-0.25, -0.2) is 4.98 Å². The van der Waals surface area contributed by atoms with Crippen molar-refractivity contribution in [3.63, 3.8) is 0 Å². The maximum Gasteiger partial charge on any atom is 0.224 e. The SMILES string of the molecule is CCNc1nccc(NCc2sccc2CC)n1. The van der Waals surface area contributed by atoms with Crippen LogP contribution in [0.1, 0.15) is 24.3 Å². The first-order valence-corrected chi connectivity index (χ1v) is 7.07. The molecule has 0 saturated carbocycles. The molecule has 0 aliphatic rings. The Morgan fingerprint density at radius 1 is 1.22 bits per heavy atom. The van der Waals surface area contributed by atoms with E-state index in [0.29, 0.717) is 5.95 Å². The number of nitrogens with one attached hydrogen (secondary N) is 2. The first-order chi connectivity index (χ1) is 8.83. The average molecular weight is 262 g/mol. The van der Waals surface area contributed by atoms with Crippen molar-refractivity contribution in [2.24, 2.45) is 0 Å². The van der Waals surface area contributed by atoms with Crippen LogP contribution in [0.3, 0.4) is 0 Å². The summed E-state index contributed by atoms with van der Waals surface area (Å²) in [4.78, 5) is 9.91. The molecule has 2 heterocycles. The zero-order chi connectivity index (χ0) is 12.8. The molecule has 4 nitrogen and oxygen atoms in total. The van der Waals surface area contributed by atoms with E-state index in [1.54, 1.807) is 17.5 Å². The molecule has 2 aromatic heterocycles. The molecule has 0 aromatic carbocycles. The highest BCUT2D eigenvalue weighted by Crippen LogP contribution is 2.18. The second kappa shape index (κ2) is 6.35. The van der Waals surface area contributed by atoms with Crippen molar-refractivity contribution in [1.29, 1.82) is 0 Å².